The highest BCUT2D eigenvalue weighted by Gasteiger charge is 2.00. The predicted octanol–water partition coefficient (Wildman–Crippen LogP) is -1.13. The van der Waals surface area contributed by atoms with Gasteiger partial charge in [0, 0.05) is 12.7 Å². The molecule has 4 heteroatoms. The van der Waals surface area contributed by atoms with E-state index in [0.717, 1.165) is 6.20 Å². The van der Waals surface area contributed by atoms with E-state index in [-0.39, 0.29) is 12.1 Å². The fourth-order valence-corrected chi connectivity index (χ4v) is 0.227. The summed E-state index contributed by atoms with van der Waals surface area (Å²) in [7, 11) is 0. The standard InChI is InChI=1S/C4H8N2O2/c5-1-3(2-6)4(7)8/h1H,2,5-6H2,(H,7,8)/b3-1+. The Hall–Kier alpha value is -1.03. The number of hydrogen-bond donors (Lipinski definition) is 3. The molecule has 0 radical (unpaired) electrons. The van der Waals surface area contributed by atoms with Gasteiger partial charge in [-0.1, -0.05) is 0 Å². The third-order valence-corrected chi connectivity index (χ3v) is 0.696. The van der Waals surface area contributed by atoms with Gasteiger partial charge >= 0.3 is 5.97 Å². The molecule has 0 fully saturated rings. The number of carboxylic acids is 1. The minimum Gasteiger partial charge on any atom is -0.478 e. The Kier molecular flexibility index (Phi) is 2.64. The van der Waals surface area contributed by atoms with Crippen LogP contribution in [0.4, 0.5) is 0 Å². The smallest absolute Gasteiger partial charge is 0.334 e. The molecule has 46 valence electrons. The van der Waals surface area contributed by atoms with Crippen molar-refractivity contribution < 1.29 is 9.90 Å². The third-order valence-electron chi connectivity index (χ3n) is 0.696. The number of nitrogens with two attached hydrogens (primary N) is 2. The molecular formula is C4H8N2O2. The van der Waals surface area contributed by atoms with Crippen LogP contribution in [0.25, 0.3) is 0 Å². The molecule has 0 saturated heterocycles. The Bertz CT molecular complexity index is 119. The number of carboxylic acid groups (broad SMARTS) is 1. The lowest BCUT2D eigenvalue weighted by Crippen LogP contribution is -2.13. The topological polar surface area (TPSA) is 89.3 Å². The summed E-state index contributed by atoms with van der Waals surface area (Å²) in [6.45, 7) is -0.0220. The molecule has 0 bridgehead atoms. The molecule has 0 aromatic rings. The lowest BCUT2D eigenvalue weighted by atomic mass is 10.3. The molecule has 0 heterocycles. The SMILES string of the molecule is N/C=C(\CN)C(=O)O. The van der Waals surface area contributed by atoms with Crippen molar-refractivity contribution in [3.05, 3.63) is 11.8 Å². The van der Waals surface area contributed by atoms with Gasteiger partial charge in [0.25, 0.3) is 0 Å². The van der Waals surface area contributed by atoms with E-state index in [1.54, 1.807) is 0 Å². The first kappa shape index (κ1) is 6.97. The predicted molar refractivity (Wildman–Crippen MR) is 29.0 cm³/mol. The van der Waals surface area contributed by atoms with Crippen molar-refractivity contribution in [2.75, 3.05) is 6.54 Å². The van der Waals surface area contributed by atoms with Gasteiger partial charge < -0.3 is 16.6 Å². The molecular weight excluding hydrogens is 108 g/mol. The molecule has 0 atom stereocenters. The lowest BCUT2D eigenvalue weighted by molar-refractivity contribution is -0.132. The first-order valence-electron chi connectivity index (χ1n) is 2.06. The van der Waals surface area contributed by atoms with Crippen LogP contribution in [0.1, 0.15) is 0 Å². The van der Waals surface area contributed by atoms with Crippen LogP contribution in [0.2, 0.25) is 0 Å². The quantitative estimate of drug-likeness (QED) is 0.398. The molecule has 0 aromatic heterocycles. The largest absolute Gasteiger partial charge is 0.478 e. The maximum atomic E-state index is 9.93. The van der Waals surface area contributed by atoms with E-state index in [9.17, 15) is 4.79 Å². The maximum Gasteiger partial charge on any atom is 0.334 e. The molecule has 0 rings (SSSR count). The molecule has 0 spiro atoms. The van der Waals surface area contributed by atoms with Crippen molar-refractivity contribution in [3.63, 3.8) is 0 Å². The van der Waals surface area contributed by atoms with Crippen LogP contribution in [0.15, 0.2) is 11.8 Å². The number of aliphatic carboxylic acids is 1. The van der Waals surface area contributed by atoms with Gasteiger partial charge in [0.15, 0.2) is 0 Å². The molecule has 5 N–H and O–H groups in total. The van der Waals surface area contributed by atoms with Gasteiger partial charge in [-0.25, -0.2) is 4.79 Å². The summed E-state index contributed by atoms with van der Waals surface area (Å²) in [5.41, 5.74) is 9.85. The zero-order valence-electron chi connectivity index (χ0n) is 4.29. The second kappa shape index (κ2) is 3.04. The average molecular weight is 116 g/mol. The minimum absolute atomic E-state index is 0.0220. The Morgan fingerprint density at radius 2 is 2.25 bits per heavy atom. The van der Waals surface area contributed by atoms with E-state index in [2.05, 4.69) is 0 Å². The highest BCUT2D eigenvalue weighted by atomic mass is 16.4. The van der Waals surface area contributed by atoms with Crippen LogP contribution in [0.5, 0.6) is 0 Å². The first-order chi connectivity index (χ1) is 3.72. The molecule has 4 nitrogen and oxygen atoms in total. The van der Waals surface area contributed by atoms with Gasteiger partial charge in [0.05, 0.1) is 5.57 Å². The Balaban J connectivity index is 3.92. The number of carbonyl (C=O) groups is 1. The Morgan fingerprint density at radius 1 is 1.75 bits per heavy atom. The molecule has 0 amide bonds. The van der Waals surface area contributed by atoms with E-state index in [1.807, 2.05) is 0 Å². The summed E-state index contributed by atoms with van der Waals surface area (Å²) in [5, 5.41) is 8.14. The van der Waals surface area contributed by atoms with E-state index >= 15 is 0 Å². The minimum atomic E-state index is -1.06. The van der Waals surface area contributed by atoms with Gasteiger partial charge in [0.1, 0.15) is 0 Å². The molecule has 0 aliphatic rings. The second-order valence-electron chi connectivity index (χ2n) is 1.20. The summed E-state index contributed by atoms with van der Waals surface area (Å²) in [4.78, 5) is 9.93. The first-order valence-corrected chi connectivity index (χ1v) is 2.06. The summed E-state index contributed by atoms with van der Waals surface area (Å²) in [5.74, 6) is -1.06. The summed E-state index contributed by atoms with van der Waals surface area (Å²) in [6.07, 6.45) is 0.988. The van der Waals surface area contributed by atoms with Crippen molar-refractivity contribution in [3.8, 4) is 0 Å². The highest BCUT2D eigenvalue weighted by molar-refractivity contribution is 5.86. The fraction of sp³-hybridized carbons (Fsp3) is 0.250. The molecule has 0 aliphatic carbocycles. The van der Waals surface area contributed by atoms with Crippen LogP contribution in [-0.4, -0.2) is 17.6 Å². The highest BCUT2D eigenvalue weighted by Crippen LogP contribution is 1.84. The van der Waals surface area contributed by atoms with Crippen molar-refractivity contribution >= 4 is 5.97 Å². The summed E-state index contributed by atoms with van der Waals surface area (Å²) >= 11 is 0. The van der Waals surface area contributed by atoms with E-state index in [0.29, 0.717) is 0 Å². The van der Waals surface area contributed by atoms with Crippen molar-refractivity contribution in [1.29, 1.82) is 0 Å². The van der Waals surface area contributed by atoms with Crippen LogP contribution in [-0.2, 0) is 4.79 Å². The Morgan fingerprint density at radius 3 is 2.25 bits per heavy atom. The zero-order chi connectivity index (χ0) is 6.57. The third kappa shape index (κ3) is 1.61. The molecule has 0 saturated carbocycles. The van der Waals surface area contributed by atoms with Crippen molar-refractivity contribution in [1.82, 2.24) is 0 Å². The van der Waals surface area contributed by atoms with E-state index in [1.165, 1.54) is 0 Å². The zero-order valence-corrected chi connectivity index (χ0v) is 4.29. The van der Waals surface area contributed by atoms with Gasteiger partial charge in [-0.3, -0.25) is 0 Å². The van der Waals surface area contributed by atoms with Crippen LogP contribution in [0.3, 0.4) is 0 Å². The summed E-state index contributed by atoms with van der Waals surface area (Å²) in [6, 6.07) is 0. The Labute approximate surface area is 46.8 Å². The average Bonchev–Trinajstić information content (AvgIpc) is 1.69. The maximum absolute atomic E-state index is 9.93. The van der Waals surface area contributed by atoms with Crippen LogP contribution < -0.4 is 11.5 Å². The fourth-order valence-electron chi connectivity index (χ4n) is 0.227. The monoisotopic (exact) mass is 116 g/mol. The van der Waals surface area contributed by atoms with Crippen molar-refractivity contribution in [2.24, 2.45) is 11.5 Å². The summed E-state index contributed by atoms with van der Waals surface area (Å²) < 4.78 is 0. The molecule has 0 aliphatic heterocycles. The number of rotatable bonds is 2. The van der Waals surface area contributed by atoms with Gasteiger partial charge in [-0.15, -0.1) is 0 Å². The van der Waals surface area contributed by atoms with Crippen molar-refractivity contribution in [2.45, 2.75) is 0 Å². The molecule has 8 heavy (non-hydrogen) atoms. The van der Waals surface area contributed by atoms with Crippen LogP contribution >= 0.6 is 0 Å². The molecule has 0 unspecified atom stereocenters. The van der Waals surface area contributed by atoms with E-state index in [4.69, 9.17) is 16.6 Å². The van der Waals surface area contributed by atoms with E-state index < -0.39 is 5.97 Å². The normalized spacial score (nSPS) is 11.4. The van der Waals surface area contributed by atoms with Gasteiger partial charge in [-0.05, 0) is 0 Å². The molecule has 0 aromatic carbocycles. The van der Waals surface area contributed by atoms with Gasteiger partial charge in [0.2, 0.25) is 0 Å². The van der Waals surface area contributed by atoms with Crippen LogP contribution in [0, 0.1) is 0 Å². The second-order valence-corrected chi connectivity index (χ2v) is 1.20. The number of hydrogen-bond acceptors (Lipinski definition) is 3. The lowest BCUT2D eigenvalue weighted by Gasteiger charge is -1.91. The van der Waals surface area contributed by atoms with Gasteiger partial charge in [-0.2, -0.15) is 0 Å².